The molecule has 1 heterocycles. The highest BCUT2D eigenvalue weighted by Gasteiger charge is 2.41. The van der Waals surface area contributed by atoms with Gasteiger partial charge in [0.15, 0.2) is 11.6 Å². The van der Waals surface area contributed by atoms with Crippen LogP contribution in [0, 0.1) is 11.6 Å². The first kappa shape index (κ1) is 22.9. The maximum Gasteiger partial charge on any atom is 0.305 e. The molecular formula is C25H23ClF2N2O3. The highest BCUT2D eigenvalue weighted by Crippen LogP contribution is 2.45. The number of aryl methyl sites for hydroxylation is 1. The molecule has 0 saturated heterocycles. The highest BCUT2D eigenvalue weighted by atomic mass is 35.5. The van der Waals surface area contributed by atoms with Gasteiger partial charge in [-0.2, -0.15) is 0 Å². The van der Waals surface area contributed by atoms with E-state index in [2.05, 4.69) is 10.6 Å². The Morgan fingerprint density at radius 3 is 2.12 bits per heavy atom. The van der Waals surface area contributed by atoms with Crippen molar-refractivity contribution in [3.63, 3.8) is 0 Å². The van der Waals surface area contributed by atoms with Crippen LogP contribution in [-0.2, 0) is 28.0 Å². The fourth-order valence-corrected chi connectivity index (χ4v) is 4.22. The molecule has 3 aromatic rings. The van der Waals surface area contributed by atoms with Gasteiger partial charge in [-0.05, 0) is 35.7 Å². The SMILES string of the molecule is COC(=O)CCc1ccc(CC2(c3ccc(Cl)cc3OC)Nc3cc(F)c(F)cc3N2)cc1. The van der Waals surface area contributed by atoms with Crippen LogP contribution in [0.4, 0.5) is 20.2 Å². The molecule has 0 unspecified atom stereocenters. The number of carbonyl (C=O) groups is 1. The zero-order valence-corrected chi connectivity index (χ0v) is 18.9. The monoisotopic (exact) mass is 472 g/mol. The van der Waals surface area contributed by atoms with E-state index in [1.807, 2.05) is 30.3 Å². The topological polar surface area (TPSA) is 59.6 Å². The summed E-state index contributed by atoms with van der Waals surface area (Å²) in [5, 5.41) is 7.18. The Bertz CT molecular complexity index is 1150. The van der Waals surface area contributed by atoms with Crippen molar-refractivity contribution in [3.05, 3.63) is 87.9 Å². The lowest BCUT2D eigenvalue weighted by Crippen LogP contribution is -2.41. The molecule has 0 atom stereocenters. The maximum atomic E-state index is 13.9. The lowest BCUT2D eigenvalue weighted by atomic mass is 9.91. The van der Waals surface area contributed by atoms with Gasteiger partial charge >= 0.3 is 5.97 Å². The fraction of sp³-hybridized carbons (Fsp3) is 0.240. The summed E-state index contributed by atoms with van der Waals surface area (Å²) in [4.78, 5) is 11.4. The Hall–Kier alpha value is -3.32. The van der Waals surface area contributed by atoms with Gasteiger partial charge < -0.3 is 20.1 Å². The molecule has 1 aliphatic heterocycles. The molecule has 0 saturated carbocycles. The summed E-state index contributed by atoms with van der Waals surface area (Å²) in [6.45, 7) is 0. The van der Waals surface area contributed by atoms with E-state index in [0.717, 1.165) is 28.8 Å². The molecule has 8 heteroatoms. The van der Waals surface area contributed by atoms with Crippen molar-refractivity contribution in [1.29, 1.82) is 0 Å². The number of anilines is 2. The molecule has 0 bridgehead atoms. The molecule has 1 aliphatic rings. The van der Waals surface area contributed by atoms with Gasteiger partial charge in [-0.15, -0.1) is 0 Å². The quantitative estimate of drug-likeness (QED) is 0.434. The summed E-state index contributed by atoms with van der Waals surface area (Å²) in [5.74, 6) is -1.59. The van der Waals surface area contributed by atoms with Crippen molar-refractivity contribution < 1.29 is 23.0 Å². The molecule has 0 amide bonds. The summed E-state index contributed by atoms with van der Waals surface area (Å²) in [6.07, 6.45) is 1.31. The number of methoxy groups -OCH3 is 2. The molecule has 2 N–H and O–H groups in total. The first-order valence-electron chi connectivity index (χ1n) is 10.4. The van der Waals surface area contributed by atoms with Crippen molar-refractivity contribution in [2.24, 2.45) is 0 Å². The molecule has 0 fully saturated rings. The van der Waals surface area contributed by atoms with Gasteiger partial charge in [-0.1, -0.05) is 35.9 Å². The molecule has 0 aliphatic carbocycles. The smallest absolute Gasteiger partial charge is 0.305 e. The summed E-state index contributed by atoms with van der Waals surface area (Å²) in [5.41, 5.74) is 2.65. The Morgan fingerprint density at radius 1 is 0.939 bits per heavy atom. The van der Waals surface area contributed by atoms with E-state index in [-0.39, 0.29) is 5.97 Å². The van der Waals surface area contributed by atoms with E-state index in [1.54, 1.807) is 19.2 Å². The van der Waals surface area contributed by atoms with Crippen LogP contribution in [0.3, 0.4) is 0 Å². The number of ether oxygens (including phenoxy) is 2. The largest absolute Gasteiger partial charge is 0.496 e. The average Bonchev–Trinajstić information content (AvgIpc) is 3.15. The van der Waals surface area contributed by atoms with Crippen LogP contribution >= 0.6 is 11.6 Å². The van der Waals surface area contributed by atoms with Crippen LogP contribution in [-0.4, -0.2) is 20.2 Å². The number of hydrogen-bond acceptors (Lipinski definition) is 5. The first-order valence-corrected chi connectivity index (χ1v) is 10.8. The molecule has 3 aromatic carbocycles. The maximum absolute atomic E-state index is 13.9. The predicted molar refractivity (Wildman–Crippen MR) is 124 cm³/mol. The van der Waals surface area contributed by atoms with E-state index in [9.17, 15) is 13.6 Å². The van der Waals surface area contributed by atoms with Crippen LogP contribution in [0.15, 0.2) is 54.6 Å². The van der Waals surface area contributed by atoms with Crippen molar-refractivity contribution >= 4 is 28.9 Å². The molecule has 0 radical (unpaired) electrons. The molecule has 172 valence electrons. The van der Waals surface area contributed by atoms with Gasteiger partial charge in [0.2, 0.25) is 0 Å². The van der Waals surface area contributed by atoms with Gasteiger partial charge in [-0.3, -0.25) is 4.79 Å². The molecule has 4 rings (SSSR count). The summed E-state index contributed by atoms with van der Waals surface area (Å²) >= 11 is 6.17. The third-order valence-corrected chi connectivity index (χ3v) is 5.95. The predicted octanol–water partition coefficient (Wildman–Crippen LogP) is 5.67. The van der Waals surface area contributed by atoms with Crippen LogP contribution < -0.4 is 15.4 Å². The standard InChI is InChI=1S/C25H23ClF2N2O3/c1-32-23-11-17(26)8-9-18(23)25(29-21-12-19(27)20(28)13-22(21)30-25)14-16-5-3-15(4-6-16)7-10-24(31)33-2/h3-6,8-9,11-13,29-30H,7,10,14H2,1-2H3. The fourth-order valence-electron chi connectivity index (χ4n) is 4.06. The Morgan fingerprint density at radius 2 is 1.55 bits per heavy atom. The van der Waals surface area contributed by atoms with Gasteiger partial charge in [0, 0.05) is 35.6 Å². The normalized spacial score (nSPS) is 13.6. The lowest BCUT2D eigenvalue weighted by Gasteiger charge is -2.33. The Balaban J connectivity index is 1.69. The number of nitrogens with one attached hydrogen (secondary N) is 2. The number of fused-ring (bicyclic) bond motifs is 1. The number of carbonyl (C=O) groups excluding carboxylic acids is 1. The first-order chi connectivity index (χ1) is 15.8. The van der Waals surface area contributed by atoms with Gasteiger partial charge in [-0.25, -0.2) is 8.78 Å². The molecule has 33 heavy (non-hydrogen) atoms. The summed E-state index contributed by atoms with van der Waals surface area (Å²) < 4.78 is 38.1. The number of esters is 1. The van der Waals surface area contributed by atoms with Crippen LogP contribution in [0.5, 0.6) is 5.75 Å². The van der Waals surface area contributed by atoms with Gasteiger partial charge in [0.25, 0.3) is 0 Å². The van der Waals surface area contributed by atoms with Crippen molar-refractivity contribution in [2.45, 2.75) is 24.9 Å². The average molecular weight is 473 g/mol. The second kappa shape index (κ2) is 9.27. The van der Waals surface area contributed by atoms with Gasteiger partial charge in [0.05, 0.1) is 25.6 Å². The summed E-state index contributed by atoms with van der Waals surface area (Å²) in [7, 11) is 2.91. The number of rotatable bonds is 7. The molecular weight excluding hydrogens is 450 g/mol. The minimum absolute atomic E-state index is 0.260. The second-order valence-electron chi connectivity index (χ2n) is 7.88. The van der Waals surface area contributed by atoms with Crippen LogP contribution in [0.25, 0.3) is 0 Å². The minimum atomic E-state index is -0.938. The minimum Gasteiger partial charge on any atom is -0.496 e. The van der Waals surface area contributed by atoms with Crippen molar-refractivity contribution in [1.82, 2.24) is 0 Å². The molecule has 0 aromatic heterocycles. The number of halogens is 3. The van der Waals surface area contributed by atoms with Crippen LogP contribution in [0.2, 0.25) is 5.02 Å². The zero-order chi connectivity index (χ0) is 23.6. The van der Waals surface area contributed by atoms with Crippen LogP contribution in [0.1, 0.15) is 23.1 Å². The van der Waals surface area contributed by atoms with E-state index in [1.165, 1.54) is 7.11 Å². The second-order valence-corrected chi connectivity index (χ2v) is 8.32. The van der Waals surface area contributed by atoms with E-state index >= 15 is 0 Å². The number of hydrogen-bond donors (Lipinski definition) is 2. The van der Waals surface area contributed by atoms with E-state index in [0.29, 0.717) is 41.4 Å². The Kier molecular flexibility index (Phi) is 6.42. The Labute approximate surface area is 195 Å². The van der Waals surface area contributed by atoms with Crippen molar-refractivity contribution in [3.8, 4) is 5.75 Å². The third-order valence-electron chi connectivity index (χ3n) is 5.72. The molecule has 5 nitrogen and oxygen atoms in total. The third kappa shape index (κ3) is 4.73. The van der Waals surface area contributed by atoms with Crippen molar-refractivity contribution in [2.75, 3.05) is 24.9 Å². The zero-order valence-electron chi connectivity index (χ0n) is 18.2. The van der Waals surface area contributed by atoms with Gasteiger partial charge in [0.1, 0.15) is 11.4 Å². The highest BCUT2D eigenvalue weighted by molar-refractivity contribution is 6.30. The number of benzene rings is 3. The summed E-state index contributed by atoms with van der Waals surface area (Å²) in [6, 6.07) is 15.4. The van der Waals surface area contributed by atoms with E-state index in [4.69, 9.17) is 21.1 Å². The lowest BCUT2D eigenvalue weighted by molar-refractivity contribution is -0.140. The molecule has 0 spiro atoms. The van der Waals surface area contributed by atoms with E-state index < -0.39 is 17.3 Å².